The van der Waals surface area contributed by atoms with E-state index in [9.17, 15) is 4.79 Å². The maximum atomic E-state index is 10.6. The molecule has 0 aliphatic heterocycles. The van der Waals surface area contributed by atoms with Crippen LogP contribution in [0.3, 0.4) is 0 Å². The number of fused-ring (bicyclic) bond motifs is 1. The van der Waals surface area contributed by atoms with Crippen molar-refractivity contribution in [3.8, 4) is 0 Å². The Morgan fingerprint density at radius 1 is 1.23 bits per heavy atom. The lowest BCUT2D eigenvalue weighted by atomic mass is 10.1. The van der Waals surface area contributed by atoms with Crippen molar-refractivity contribution in [2.24, 2.45) is 0 Å². The van der Waals surface area contributed by atoms with Crippen LogP contribution in [0.2, 0.25) is 0 Å². The third kappa shape index (κ3) is 1.28. The molecule has 0 saturated carbocycles. The van der Waals surface area contributed by atoms with Crippen molar-refractivity contribution < 1.29 is 4.79 Å². The van der Waals surface area contributed by atoms with Crippen LogP contribution in [-0.4, -0.2) is 16.3 Å². The number of carbonyl (C=O) groups is 1. The number of hydrogen-bond donors (Lipinski definition) is 0. The Balaban J connectivity index is 2.84. The fraction of sp³-hybridized carbons (Fsp3) is 0.100. The molecular weight excluding hydrogens is 164 g/mol. The molecule has 0 aliphatic carbocycles. The van der Waals surface area contributed by atoms with Crippen molar-refractivity contribution in [2.75, 3.05) is 0 Å². The third-order valence-electron chi connectivity index (χ3n) is 1.92. The van der Waals surface area contributed by atoms with Gasteiger partial charge < -0.3 is 0 Å². The van der Waals surface area contributed by atoms with E-state index in [4.69, 9.17) is 0 Å². The van der Waals surface area contributed by atoms with Gasteiger partial charge in [-0.2, -0.15) is 0 Å². The van der Waals surface area contributed by atoms with Gasteiger partial charge in [0.05, 0.1) is 11.0 Å². The second-order valence-corrected chi connectivity index (χ2v) is 2.88. The van der Waals surface area contributed by atoms with Crippen LogP contribution < -0.4 is 0 Å². The number of nitrogens with zero attached hydrogens (tertiary/aromatic N) is 2. The highest BCUT2D eigenvalue weighted by atomic mass is 16.1. The van der Waals surface area contributed by atoms with E-state index in [1.807, 2.05) is 13.0 Å². The Morgan fingerprint density at radius 3 is 2.77 bits per heavy atom. The average molecular weight is 172 g/mol. The standard InChI is InChI=1S/C10H8N2O/c1-7-4-8(6-13)5-9-10(7)12-3-2-11-9/h2-6H,1H3. The summed E-state index contributed by atoms with van der Waals surface area (Å²) in [4.78, 5) is 18.9. The quantitative estimate of drug-likeness (QED) is 0.615. The van der Waals surface area contributed by atoms with Crippen molar-refractivity contribution in [1.82, 2.24) is 9.97 Å². The van der Waals surface area contributed by atoms with Crippen molar-refractivity contribution >= 4 is 17.3 Å². The molecule has 0 atom stereocenters. The molecule has 0 radical (unpaired) electrons. The van der Waals surface area contributed by atoms with Gasteiger partial charge in [0.15, 0.2) is 0 Å². The Bertz CT molecular complexity index is 465. The summed E-state index contributed by atoms with van der Waals surface area (Å²) in [5.74, 6) is 0. The molecule has 2 aromatic rings. The van der Waals surface area contributed by atoms with Crippen LogP contribution in [0.1, 0.15) is 15.9 Å². The van der Waals surface area contributed by atoms with E-state index in [-0.39, 0.29) is 0 Å². The van der Waals surface area contributed by atoms with Crippen LogP contribution in [0.5, 0.6) is 0 Å². The van der Waals surface area contributed by atoms with Crippen LogP contribution in [0.25, 0.3) is 11.0 Å². The molecule has 3 nitrogen and oxygen atoms in total. The van der Waals surface area contributed by atoms with E-state index in [1.54, 1.807) is 18.5 Å². The summed E-state index contributed by atoms with van der Waals surface area (Å²) in [7, 11) is 0. The highest BCUT2D eigenvalue weighted by Gasteiger charge is 2.00. The summed E-state index contributed by atoms with van der Waals surface area (Å²) in [5.41, 5.74) is 3.25. The predicted molar refractivity (Wildman–Crippen MR) is 49.7 cm³/mol. The normalized spacial score (nSPS) is 10.2. The number of benzene rings is 1. The van der Waals surface area contributed by atoms with Crippen LogP contribution in [0, 0.1) is 6.92 Å². The maximum Gasteiger partial charge on any atom is 0.150 e. The lowest BCUT2D eigenvalue weighted by Gasteiger charge is -2.00. The van der Waals surface area contributed by atoms with Crippen molar-refractivity contribution in [2.45, 2.75) is 6.92 Å². The first-order chi connectivity index (χ1) is 6.31. The first kappa shape index (κ1) is 7.86. The summed E-state index contributed by atoms with van der Waals surface area (Å²) in [6, 6.07) is 3.55. The molecule has 0 bridgehead atoms. The molecule has 13 heavy (non-hydrogen) atoms. The Labute approximate surface area is 75.4 Å². The summed E-state index contributed by atoms with van der Waals surface area (Å²) in [6.45, 7) is 1.92. The van der Waals surface area contributed by atoms with Gasteiger partial charge in [0, 0.05) is 18.0 Å². The predicted octanol–water partition coefficient (Wildman–Crippen LogP) is 1.75. The van der Waals surface area contributed by atoms with Gasteiger partial charge in [-0.15, -0.1) is 0 Å². The Hall–Kier alpha value is -1.77. The Kier molecular flexibility index (Phi) is 1.77. The van der Waals surface area contributed by atoms with Gasteiger partial charge in [0.25, 0.3) is 0 Å². The monoisotopic (exact) mass is 172 g/mol. The van der Waals surface area contributed by atoms with Crippen LogP contribution >= 0.6 is 0 Å². The van der Waals surface area contributed by atoms with Gasteiger partial charge >= 0.3 is 0 Å². The molecule has 0 saturated heterocycles. The number of aryl methyl sites for hydroxylation is 1. The first-order valence-corrected chi connectivity index (χ1v) is 3.98. The second-order valence-electron chi connectivity index (χ2n) is 2.88. The molecule has 0 fully saturated rings. The summed E-state index contributed by atoms with van der Waals surface area (Å²) in [6.07, 6.45) is 4.09. The number of carbonyl (C=O) groups excluding carboxylic acids is 1. The van der Waals surface area contributed by atoms with Crippen LogP contribution in [-0.2, 0) is 0 Å². The molecule has 0 amide bonds. The average Bonchev–Trinajstić information content (AvgIpc) is 2.18. The van der Waals surface area contributed by atoms with E-state index in [2.05, 4.69) is 9.97 Å². The fourth-order valence-corrected chi connectivity index (χ4v) is 1.34. The highest BCUT2D eigenvalue weighted by molar-refractivity contribution is 5.86. The van der Waals surface area contributed by atoms with E-state index in [1.165, 1.54) is 0 Å². The fourth-order valence-electron chi connectivity index (χ4n) is 1.34. The van der Waals surface area contributed by atoms with Gasteiger partial charge in [-0.25, -0.2) is 0 Å². The number of hydrogen-bond acceptors (Lipinski definition) is 3. The van der Waals surface area contributed by atoms with E-state index in [0.717, 1.165) is 22.9 Å². The molecule has 1 aromatic heterocycles. The van der Waals surface area contributed by atoms with Crippen LogP contribution in [0.15, 0.2) is 24.5 Å². The van der Waals surface area contributed by atoms with Crippen molar-refractivity contribution in [3.05, 3.63) is 35.7 Å². The van der Waals surface area contributed by atoms with Crippen LogP contribution in [0.4, 0.5) is 0 Å². The zero-order valence-corrected chi connectivity index (χ0v) is 7.19. The van der Waals surface area contributed by atoms with Gasteiger partial charge in [0.1, 0.15) is 6.29 Å². The molecular formula is C10H8N2O. The lowest BCUT2D eigenvalue weighted by molar-refractivity contribution is 0.112. The molecule has 64 valence electrons. The van der Waals surface area contributed by atoms with E-state index < -0.39 is 0 Å². The molecule has 1 aromatic carbocycles. The molecule has 1 heterocycles. The smallest absolute Gasteiger partial charge is 0.150 e. The molecule has 0 N–H and O–H groups in total. The second kappa shape index (κ2) is 2.94. The SMILES string of the molecule is Cc1cc(C=O)cc2nccnc12. The van der Waals surface area contributed by atoms with Crippen molar-refractivity contribution in [3.63, 3.8) is 0 Å². The molecule has 0 aliphatic rings. The van der Waals surface area contributed by atoms with Gasteiger partial charge in [0.2, 0.25) is 0 Å². The highest BCUT2D eigenvalue weighted by Crippen LogP contribution is 2.14. The molecule has 2 rings (SSSR count). The van der Waals surface area contributed by atoms with Crippen molar-refractivity contribution in [1.29, 1.82) is 0 Å². The zero-order chi connectivity index (χ0) is 9.26. The number of aromatic nitrogens is 2. The van der Waals surface area contributed by atoms with Gasteiger partial charge in [-0.1, -0.05) is 0 Å². The van der Waals surface area contributed by atoms with Gasteiger partial charge in [-0.05, 0) is 24.6 Å². The zero-order valence-electron chi connectivity index (χ0n) is 7.19. The van der Waals surface area contributed by atoms with E-state index in [0.29, 0.717) is 5.56 Å². The van der Waals surface area contributed by atoms with Gasteiger partial charge in [-0.3, -0.25) is 14.8 Å². The molecule has 3 heteroatoms. The largest absolute Gasteiger partial charge is 0.298 e. The van der Waals surface area contributed by atoms with E-state index >= 15 is 0 Å². The lowest BCUT2D eigenvalue weighted by Crippen LogP contribution is -1.89. The summed E-state index contributed by atoms with van der Waals surface area (Å²) < 4.78 is 0. The Morgan fingerprint density at radius 2 is 2.00 bits per heavy atom. The topological polar surface area (TPSA) is 42.9 Å². The summed E-state index contributed by atoms with van der Waals surface area (Å²) in [5, 5.41) is 0. The molecule has 0 unspecified atom stereocenters. The third-order valence-corrected chi connectivity index (χ3v) is 1.92. The number of aldehydes is 1. The maximum absolute atomic E-state index is 10.6. The molecule has 0 spiro atoms. The minimum absolute atomic E-state index is 0.644. The minimum atomic E-state index is 0.644. The summed E-state index contributed by atoms with van der Waals surface area (Å²) >= 11 is 0. The number of rotatable bonds is 1. The minimum Gasteiger partial charge on any atom is -0.298 e. The first-order valence-electron chi connectivity index (χ1n) is 3.98.